The average molecular weight is 431 g/mol. The number of nitrogens with zero attached hydrogens (tertiary/aromatic N) is 1. The first-order valence-electron chi connectivity index (χ1n) is 10.00. The number of likely N-dealkylation sites (tertiary alicyclic amines) is 1. The maximum absolute atomic E-state index is 12.9. The molecule has 0 saturated carbocycles. The minimum atomic E-state index is -1.11. The van der Waals surface area contributed by atoms with Gasteiger partial charge in [-0.2, -0.15) is 12.6 Å². The fourth-order valence-corrected chi connectivity index (χ4v) is 3.47. The van der Waals surface area contributed by atoms with Crippen molar-refractivity contribution in [1.82, 2.24) is 15.5 Å². The molecule has 1 fully saturated rings. The Bertz CT molecular complexity index is 613. The smallest absolute Gasteiger partial charge is 0.326 e. The molecule has 0 aliphatic carbocycles. The van der Waals surface area contributed by atoms with Gasteiger partial charge in [0.1, 0.15) is 18.1 Å². The third-order valence-electron chi connectivity index (χ3n) is 4.98. The van der Waals surface area contributed by atoms with Crippen molar-refractivity contribution >= 4 is 36.3 Å². The summed E-state index contributed by atoms with van der Waals surface area (Å²) in [5.74, 6) is -2.41. The van der Waals surface area contributed by atoms with Crippen molar-refractivity contribution in [1.29, 1.82) is 0 Å². The zero-order chi connectivity index (χ0) is 22.3. The van der Waals surface area contributed by atoms with Crippen molar-refractivity contribution in [3.05, 3.63) is 0 Å². The highest BCUT2D eigenvalue weighted by molar-refractivity contribution is 7.80. The molecule has 4 atom stereocenters. The molecule has 1 rings (SSSR count). The van der Waals surface area contributed by atoms with Crippen LogP contribution in [0.15, 0.2) is 0 Å². The maximum atomic E-state index is 12.9. The van der Waals surface area contributed by atoms with E-state index in [1.807, 2.05) is 13.8 Å². The van der Waals surface area contributed by atoms with E-state index >= 15 is 0 Å². The van der Waals surface area contributed by atoms with Gasteiger partial charge in [-0.25, -0.2) is 4.79 Å². The number of carboxylic acid groups (broad SMARTS) is 1. The molecule has 3 amide bonds. The summed E-state index contributed by atoms with van der Waals surface area (Å²) < 4.78 is 0. The second-order valence-corrected chi connectivity index (χ2v) is 8.60. The van der Waals surface area contributed by atoms with Crippen LogP contribution >= 0.6 is 12.6 Å². The Labute approximate surface area is 177 Å². The molecule has 29 heavy (non-hydrogen) atoms. The van der Waals surface area contributed by atoms with E-state index in [4.69, 9.17) is 5.73 Å². The molecule has 0 bridgehead atoms. The lowest BCUT2D eigenvalue weighted by Crippen LogP contribution is -2.57. The molecule has 0 spiro atoms. The SMILES string of the molecule is CC(C)CC(NC(=O)C1CCCN1C(=O)C(CS)NC(=O)C(N)C(C)C)C(=O)O. The number of rotatable bonds is 10. The summed E-state index contributed by atoms with van der Waals surface area (Å²) in [5.41, 5.74) is 5.83. The average Bonchev–Trinajstić information content (AvgIpc) is 3.13. The van der Waals surface area contributed by atoms with Crippen LogP contribution < -0.4 is 16.4 Å². The Balaban J connectivity index is 2.84. The lowest BCUT2D eigenvalue weighted by molar-refractivity contribution is -0.145. The molecule has 10 heteroatoms. The Hall–Kier alpha value is -1.81. The molecule has 166 valence electrons. The fourth-order valence-electron chi connectivity index (χ4n) is 3.22. The minimum Gasteiger partial charge on any atom is -0.480 e. The van der Waals surface area contributed by atoms with Gasteiger partial charge in [-0.05, 0) is 31.1 Å². The molecule has 0 aromatic rings. The van der Waals surface area contributed by atoms with Crippen LogP contribution in [0.25, 0.3) is 0 Å². The molecule has 0 aromatic carbocycles. The Morgan fingerprint density at radius 1 is 1.14 bits per heavy atom. The topological polar surface area (TPSA) is 142 Å². The van der Waals surface area contributed by atoms with Gasteiger partial charge in [0.05, 0.1) is 6.04 Å². The number of carboxylic acids is 1. The van der Waals surface area contributed by atoms with E-state index in [9.17, 15) is 24.3 Å². The Morgan fingerprint density at radius 2 is 1.76 bits per heavy atom. The van der Waals surface area contributed by atoms with Crippen molar-refractivity contribution in [2.45, 2.75) is 71.1 Å². The lowest BCUT2D eigenvalue weighted by Gasteiger charge is -2.29. The van der Waals surface area contributed by atoms with Gasteiger partial charge in [-0.1, -0.05) is 27.7 Å². The predicted molar refractivity (Wildman–Crippen MR) is 112 cm³/mol. The van der Waals surface area contributed by atoms with E-state index in [2.05, 4.69) is 23.3 Å². The monoisotopic (exact) mass is 430 g/mol. The van der Waals surface area contributed by atoms with E-state index in [1.165, 1.54) is 4.90 Å². The molecule has 1 heterocycles. The normalized spacial score (nSPS) is 19.7. The standard InChI is InChI=1S/C19H34N4O5S/c1-10(2)8-12(19(27)28)21-16(24)14-6-5-7-23(14)18(26)13(9-29)22-17(25)15(20)11(3)4/h10-15,29H,5-9,20H2,1-4H3,(H,21,24)(H,22,25)(H,27,28). The predicted octanol–water partition coefficient (Wildman–Crippen LogP) is -0.00920. The summed E-state index contributed by atoms with van der Waals surface area (Å²) in [6, 6.07) is -3.44. The van der Waals surface area contributed by atoms with Gasteiger partial charge in [0, 0.05) is 12.3 Å². The van der Waals surface area contributed by atoms with Crippen LogP contribution in [0.5, 0.6) is 0 Å². The van der Waals surface area contributed by atoms with Crippen LogP contribution in [-0.4, -0.2) is 70.2 Å². The number of amides is 3. The first-order chi connectivity index (χ1) is 13.5. The summed E-state index contributed by atoms with van der Waals surface area (Å²) in [5, 5.41) is 14.5. The van der Waals surface area contributed by atoms with Crippen LogP contribution in [0.2, 0.25) is 0 Å². The second kappa shape index (κ2) is 11.4. The number of carbonyl (C=O) groups excluding carboxylic acids is 3. The van der Waals surface area contributed by atoms with Crippen molar-refractivity contribution in [2.75, 3.05) is 12.3 Å². The van der Waals surface area contributed by atoms with Gasteiger partial charge in [-0.15, -0.1) is 0 Å². The summed E-state index contributed by atoms with van der Waals surface area (Å²) >= 11 is 4.16. The van der Waals surface area contributed by atoms with Crippen molar-refractivity contribution < 1.29 is 24.3 Å². The third kappa shape index (κ3) is 7.18. The highest BCUT2D eigenvalue weighted by Crippen LogP contribution is 2.20. The molecular weight excluding hydrogens is 396 g/mol. The molecule has 1 aliphatic rings. The van der Waals surface area contributed by atoms with Crippen molar-refractivity contribution in [2.24, 2.45) is 17.6 Å². The molecule has 5 N–H and O–H groups in total. The quantitative estimate of drug-likeness (QED) is 0.309. The van der Waals surface area contributed by atoms with Crippen molar-refractivity contribution in [3.8, 4) is 0 Å². The molecule has 0 aromatic heterocycles. The van der Waals surface area contributed by atoms with Gasteiger partial charge in [0.25, 0.3) is 0 Å². The third-order valence-corrected chi connectivity index (χ3v) is 5.34. The van der Waals surface area contributed by atoms with Gasteiger partial charge < -0.3 is 26.4 Å². The summed E-state index contributed by atoms with van der Waals surface area (Å²) in [6.45, 7) is 7.71. The summed E-state index contributed by atoms with van der Waals surface area (Å²) in [4.78, 5) is 50.7. The number of nitrogens with one attached hydrogen (secondary N) is 2. The van der Waals surface area contributed by atoms with Crippen LogP contribution in [0.1, 0.15) is 47.0 Å². The number of hydrogen-bond acceptors (Lipinski definition) is 6. The van der Waals surface area contributed by atoms with Crippen LogP contribution in [0.3, 0.4) is 0 Å². The minimum absolute atomic E-state index is 0.0608. The Kier molecular flexibility index (Phi) is 9.91. The van der Waals surface area contributed by atoms with E-state index in [-0.39, 0.29) is 17.6 Å². The zero-order valence-electron chi connectivity index (χ0n) is 17.6. The van der Waals surface area contributed by atoms with E-state index < -0.39 is 47.9 Å². The molecule has 1 saturated heterocycles. The molecular formula is C19H34N4O5S. The molecule has 4 unspecified atom stereocenters. The highest BCUT2D eigenvalue weighted by Gasteiger charge is 2.39. The van der Waals surface area contributed by atoms with E-state index in [0.717, 1.165) is 0 Å². The van der Waals surface area contributed by atoms with Gasteiger partial charge in [0.15, 0.2) is 0 Å². The second-order valence-electron chi connectivity index (χ2n) is 8.23. The maximum Gasteiger partial charge on any atom is 0.326 e. The molecule has 1 aliphatic heterocycles. The number of carbonyl (C=O) groups is 4. The first-order valence-corrected chi connectivity index (χ1v) is 10.6. The van der Waals surface area contributed by atoms with Crippen LogP contribution in [0.4, 0.5) is 0 Å². The van der Waals surface area contributed by atoms with E-state index in [0.29, 0.717) is 25.8 Å². The van der Waals surface area contributed by atoms with Crippen LogP contribution in [0, 0.1) is 11.8 Å². The van der Waals surface area contributed by atoms with E-state index in [1.54, 1.807) is 13.8 Å². The summed E-state index contributed by atoms with van der Waals surface area (Å²) in [7, 11) is 0. The number of nitrogens with two attached hydrogens (primary N) is 1. The summed E-state index contributed by atoms with van der Waals surface area (Å²) in [6.07, 6.45) is 1.35. The fraction of sp³-hybridized carbons (Fsp3) is 0.789. The largest absolute Gasteiger partial charge is 0.480 e. The number of thiol groups is 1. The number of aliphatic carboxylic acids is 1. The zero-order valence-corrected chi connectivity index (χ0v) is 18.4. The van der Waals surface area contributed by atoms with Gasteiger partial charge in [-0.3, -0.25) is 14.4 Å². The number of hydrogen-bond donors (Lipinski definition) is 5. The van der Waals surface area contributed by atoms with Gasteiger partial charge in [0.2, 0.25) is 17.7 Å². The lowest BCUT2D eigenvalue weighted by atomic mass is 10.0. The van der Waals surface area contributed by atoms with Crippen molar-refractivity contribution in [3.63, 3.8) is 0 Å². The van der Waals surface area contributed by atoms with Gasteiger partial charge >= 0.3 is 5.97 Å². The molecule has 9 nitrogen and oxygen atoms in total. The molecule has 0 radical (unpaired) electrons. The first kappa shape index (κ1) is 25.2. The Morgan fingerprint density at radius 3 is 2.24 bits per heavy atom. The highest BCUT2D eigenvalue weighted by atomic mass is 32.1. The van der Waals surface area contributed by atoms with Crippen LogP contribution in [-0.2, 0) is 19.2 Å².